The van der Waals surface area contributed by atoms with E-state index < -0.39 is 23.1 Å². The van der Waals surface area contributed by atoms with E-state index in [1.165, 1.54) is 6.07 Å². The van der Waals surface area contributed by atoms with Gasteiger partial charge in [0.1, 0.15) is 11.5 Å². The molecule has 0 aliphatic carbocycles. The SMILES string of the molecule is CC(C)(C)C(=O)CC(COc1ccc(CC2SC(=O)CC2=O)cc1)c1cccc(C(F)(F)F)c1. The van der Waals surface area contributed by atoms with Gasteiger partial charge in [-0.15, -0.1) is 0 Å². The zero-order valence-electron chi connectivity index (χ0n) is 19.3. The highest BCUT2D eigenvalue weighted by Crippen LogP contribution is 2.34. The lowest BCUT2D eigenvalue weighted by Crippen LogP contribution is -2.25. The van der Waals surface area contributed by atoms with Crippen LogP contribution < -0.4 is 4.74 Å². The second-order valence-electron chi connectivity index (χ2n) is 9.48. The van der Waals surface area contributed by atoms with Crippen molar-refractivity contribution >= 4 is 28.4 Å². The van der Waals surface area contributed by atoms with Gasteiger partial charge in [-0.2, -0.15) is 13.2 Å². The lowest BCUT2D eigenvalue weighted by atomic mass is 9.83. The third-order valence-corrected chi connectivity index (χ3v) is 6.82. The first-order valence-corrected chi connectivity index (χ1v) is 11.9. The van der Waals surface area contributed by atoms with Crippen LogP contribution in [0.2, 0.25) is 0 Å². The van der Waals surface area contributed by atoms with Crippen LogP contribution in [-0.2, 0) is 27.0 Å². The molecule has 2 unspecified atom stereocenters. The van der Waals surface area contributed by atoms with Crippen LogP contribution in [0.15, 0.2) is 48.5 Å². The molecule has 8 heteroatoms. The summed E-state index contributed by atoms with van der Waals surface area (Å²) in [6, 6.07) is 12.0. The average Bonchev–Trinajstić information content (AvgIpc) is 3.07. The van der Waals surface area contributed by atoms with Gasteiger partial charge in [0.05, 0.1) is 23.8 Å². The number of alkyl halides is 3. The second-order valence-corrected chi connectivity index (χ2v) is 10.7. The van der Waals surface area contributed by atoms with Crippen LogP contribution in [0.25, 0.3) is 0 Å². The molecule has 34 heavy (non-hydrogen) atoms. The van der Waals surface area contributed by atoms with Crippen LogP contribution in [0.4, 0.5) is 13.2 Å². The number of ketones is 2. The van der Waals surface area contributed by atoms with Gasteiger partial charge in [0.15, 0.2) is 10.9 Å². The van der Waals surface area contributed by atoms with Crippen molar-refractivity contribution in [3.05, 3.63) is 65.2 Å². The summed E-state index contributed by atoms with van der Waals surface area (Å²) >= 11 is 1.06. The zero-order chi connectivity index (χ0) is 25.1. The first-order chi connectivity index (χ1) is 15.8. The van der Waals surface area contributed by atoms with Crippen molar-refractivity contribution in [2.24, 2.45) is 5.41 Å². The Labute approximate surface area is 201 Å². The quantitative estimate of drug-likeness (QED) is 0.422. The van der Waals surface area contributed by atoms with Crippen molar-refractivity contribution in [2.45, 2.75) is 57.4 Å². The normalized spacial score (nSPS) is 17.6. The standard InChI is InChI=1S/C26H27F3O4S/c1-25(2,3)23(31)13-18(17-5-4-6-19(12-17)26(27,28)29)15-33-20-9-7-16(8-10-20)11-22-21(30)14-24(32)34-22/h4-10,12,18,22H,11,13-15H2,1-3H3. The average molecular weight is 493 g/mol. The van der Waals surface area contributed by atoms with Crippen molar-refractivity contribution < 1.29 is 32.3 Å². The minimum Gasteiger partial charge on any atom is -0.493 e. The van der Waals surface area contributed by atoms with E-state index in [2.05, 4.69) is 0 Å². The highest BCUT2D eigenvalue weighted by Gasteiger charge is 2.33. The van der Waals surface area contributed by atoms with E-state index in [0.29, 0.717) is 17.7 Å². The molecule has 2 aromatic rings. The summed E-state index contributed by atoms with van der Waals surface area (Å²) < 4.78 is 45.5. The number of carbonyl (C=O) groups excluding carboxylic acids is 3. The van der Waals surface area contributed by atoms with E-state index in [0.717, 1.165) is 29.5 Å². The lowest BCUT2D eigenvalue weighted by molar-refractivity contribution is -0.137. The monoisotopic (exact) mass is 492 g/mol. The molecule has 3 rings (SSSR count). The summed E-state index contributed by atoms with van der Waals surface area (Å²) in [6.45, 7) is 5.37. The first-order valence-electron chi connectivity index (χ1n) is 11.0. The molecule has 0 radical (unpaired) electrons. The van der Waals surface area contributed by atoms with Crippen LogP contribution in [-0.4, -0.2) is 28.5 Å². The summed E-state index contributed by atoms with van der Waals surface area (Å²) in [6.07, 6.45) is -4.00. The number of ether oxygens (including phenoxy) is 1. The molecule has 1 aliphatic rings. The lowest BCUT2D eigenvalue weighted by Gasteiger charge is -2.23. The third-order valence-electron chi connectivity index (χ3n) is 5.70. The number of halogens is 3. The number of hydrogen-bond donors (Lipinski definition) is 0. The largest absolute Gasteiger partial charge is 0.493 e. The van der Waals surface area contributed by atoms with Gasteiger partial charge in [-0.1, -0.05) is 62.9 Å². The number of rotatable bonds is 8. The van der Waals surface area contributed by atoms with Crippen LogP contribution in [0, 0.1) is 5.41 Å². The maximum Gasteiger partial charge on any atom is 0.416 e. The number of carbonyl (C=O) groups is 3. The molecule has 2 atom stereocenters. The van der Waals surface area contributed by atoms with E-state index >= 15 is 0 Å². The summed E-state index contributed by atoms with van der Waals surface area (Å²) in [4.78, 5) is 35.9. The highest BCUT2D eigenvalue weighted by atomic mass is 32.2. The summed E-state index contributed by atoms with van der Waals surface area (Å²) in [5.74, 6) is -0.178. The number of hydrogen-bond acceptors (Lipinski definition) is 5. The Balaban J connectivity index is 1.72. The van der Waals surface area contributed by atoms with Gasteiger partial charge >= 0.3 is 6.18 Å². The van der Waals surface area contributed by atoms with Gasteiger partial charge in [0, 0.05) is 17.8 Å². The van der Waals surface area contributed by atoms with Crippen LogP contribution in [0.5, 0.6) is 5.75 Å². The number of benzene rings is 2. The van der Waals surface area contributed by atoms with Crippen molar-refractivity contribution in [2.75, 3.05) is 6.61 Å². The van der Waals surface area contributed by atoms with Gasteiger partial charge in [-0.05, 0) is 35.7 Å². The Morgan fingerprint density at radius 3 is 2.32 bits per heavy atom. The molecular weight excluding hydrogens is 465 g/mol. The molecule has 0 N–H and O–H groups in total. The topological polar surface area (TPSA) is 60.4 Å². The molecular formula is C26H27F3O4S. The van der Waals surface area contributed by atoms with Gasteiger partial charge in [-0.25, -0.2) is 0 Å². The summed E-state index contributed by atoms with van der Waals surface area (Å²) in [5.41, 5.74) is -0.116. The Morgan fingerprint density at radius 2 is 1.76 bits per heavy atom. The Kier molecular flexibility index (Phi) is 7.91. The van der Waals surface area contributed by atoms with Crippen molar-refractivity contribution in [1.82, 2.24) is 0 Å². The van der Waals surface area contributed by atoms with Crippen molar-refractivity contribution in [3.8, 4) is 5.75 Å². The second kappa shape index (κ2) is 10.3. The maximum absolute atomic E-state index is 13.2. The van der Waals surface area contributed by atoms with E-state index in [-0.39, 0.29) is 41.4 Å². The Bertz CT molecular complexity index is 1050. The molecule has 0 aromatic heterocycles. The number of thioether (sulfide) groups is 1. The van der Waals surface area contributed by atoms with Crippen LogP contribution in [0.3, 0.4) is 0 Å². The van der Waals surface area contributed by atoms with E-state index in [4.69, 9.17) is 4.74 Å². The molecule has 1 aliphatic heterocycles. The minimum absolute atomic E-state index is 0.0270. The van der Waals surface area contributed by atoms with E-state index in [1.54, 1.807) is 51.1 Å². The zero-order valence-corrected chi connectivity index (χ0v) is 20.1. The molecule has 0 bridgehead atoms. The maximum atomic E-state index is 13.2. The molecule has 0 saturated carbocycles. The van der Waals surface area contributed by atoms with Gasteiger partial charge < -0.3 is 4.74 Å². The molecule has 182 valence electrons. The molecule has 0 amide bonds. The molecule has 1 fully saturated rings. The van der Waals surface area contributed by atoms with Crippen molar-refractivity contribution in [1.29, 1.82) is 0 Å². The Morgan fingerprint density at radius 1 is 1.09 bits per heavy atom. The molecule has 1 saturated heterocycles. The van der Waals surface area contributed by atoms with Gasteiger partial charge in [0.2, 0.25) is 0 Å². The highest BCUT2D eigenvalue weighted by molar-refractivity contribution is 8.15. The van der Waals surface area contributed by atoms with Gasteiger partial charge in [0.25, 0.3) is 0 Å². The van der Waals surface area contributed by atoms with E-state index in [1.807, 2.05) is 0 Å². The molecule has 0 spiro atoms. The summed E-state index contributed by atoms with van der Waals surface area (Å²) in [7, 11) is 0. The number of Topliss-reactive ketones (excluding diaryl/α,β-unsaturated/α-hetero) is 2. The fourth-order valence-electron chi connectivity index (χ4n) is 3.58. The molecule has 4 nitrogen and oxygen atoms in total. The Hall–Kier alpha value is -2.61. The fourth-order valence-corrected chi connectivity index (χ4v) is 4.62. The van der Waals surface area contributed by atoms with Crippen LogP contribution in [0.1, 0.15) is 56.2 Å². The van der Waals surface area contributed by atoms with E-state index in [9.17, 15) is 27.6 Å². The first kappa shape index (κ1) is 26.0. The third kappa shape index (κ3) is 6.95. The van der Waals surface area contributed by atoms with Crippen LogP contribution >= 0.6 is 11.8 Å². The molecule has 1 heterocycles. The predicted molar refractivity (Wildman–Crippen MR) is 125 cm³/mol. The predicted octanol–water partition coefficient (Wildman–Crippen LogP) is 6.02. The molecule has 2 aromatic carbocycles. The van der Waals surface area contributed by atoms with Crippen molar-refractivity contribution in [3.63, 3.8) is 0 Å². The smallest absolute Gasteiger partial charge is 0.416 e. The summed E-state index contributed by atoms with van der Waals surface area (Å²) in [5, 5.41) is -0.478. The minimum atomic E-state index is -4.48. The fraction of sp³-hybridized carbons (Fsp3) is 0.423. The van der Waals surface area contributed by atoms with Gasteiger partial charge in [-0.3, -0.25) is 14.4 Å².